The maximum atomic E-state index is 13.0. The number of nitrogens with one attached hydrogen (secondary N) is 1. The summed E-state index contributed by atoms with van der Waals surface area (Å²) in [5.41, 5.74) is 1.15. The first-order chi connectivity index (χ1) is 9.68. The van der Waals surface area contributed by atoms with Gasteiger partial charge in [0.25, 0.3) is 0 Å². The van der Waals surface area contributed by atoms with Gasteiger partial charge < -0.3 is 5.32 Å². The molecule has 20 heavy (non-hydrogen) atoms. The number of amides is 1. The highest BCUT2D eigenvalue weighted by molar-refractivity contribution is 7.10. The van der Waals surface area contributed by atoms with Gasteiger partial charge in [-0.25, -0.2) is 4.39 Å². The van der Waals surface area contributed by atoms with Gasteiger partial charge in [-0.2, -0.15) is 0 Å². The summed E-state index contributed by atoms with van der Waals surface area (Å²) >= 11 is 1.60. The van der Waals surface area contributed by atoms with Gasteiger partial charge in [-0.05, 0) is 42.0 Å². The molecule has 0 bridgehead atoms. The summed E-state index contributed by atoms with van der Waals surface area (Å²) < 4.78 is 13.0. The van der Waals surface area contributed by atoms with Crippen LogP contribution in [0.3, 0.4) is 0 Å². The van der Waals surface area contributed by atoms with Crippen molar-refractivity contribution in [3.63, 3.8) is 0 Å². The van der Waals surface area contributed by atoms with Crippen LogP contribution >= 0.6 is 11.3 Å². The molecule has 0 saturated heterocycles. The molecular weight excluding hydrogens is 273 g/mol. The Morgan fingerprint density at radius 2 is 2.00 bits per heavy atom. The minimum atomic E-state index is -0.216. The van der Waals surface area contributed by atoms with Crippen LogP contribution in [0.2, 0.25) is 0 Å². The molecule has 1 aliphatic rings. The van der Waals surface area contributed by atoms with Crippen LogP contribution < -0.4 is 5.32 Å². The molecule has 0 aliphatic heterocycles. The Morgan fingerprint density at radius 3 is 2.60 bits per heavy atom. The zero-order valence-corrected chi connectivity index (χ0v) is 11.9. The third-order valence-electron chi connectivity index (χ3n) is 3.85. The Bertz CT molecular complexity index is 587. The van der Waals surface area contributed by atoms with Crippen molar-refractivity contribution in [3.05, 3.63) is 58.0 Å². The number of hydrogen-bond donors (Lipinski definition) is 1. The lowest BCUT2D eigenvalue weighted by atomic mass is 9.96. The second kappa shape index (κ2) is 5.37. The summed E-state index contributed by atoms with van der Waals surface area (Å²) in [6, 6.07) is 10.6. The Labute approximate surface area is 121 Å². The maximum absolute atomic E-state index is 13.0. The van der Waals surface area contributed by atoms with Gasteiger partial charge >= 0.3 is 0 Å². The third-order valence-corrected chi connectivity index (χ3v) is 4.73. The van der Waals surface area contributed by atoms with Crippen molar-refractivity contribution in [1.82, 2.24) is 5.32 Å². The Balaban J connectivity index is 1.57. The van der Waals surface area contributed by atoms with Gasteiger partial charge in [-0.1, -0.05) is 18.2 Å². The predicted molar refractivity (Wildman–Crippen MR) is 78.3 cm³/mol. The number of carbonyl (C=O) groups excluding carboxylic acids is 1. The summed E-state index contributed by atoms with van der Waals surface area (Å²) in [6.45, 7) is 0.642. The molecule has 2 nitrogen and oxygen atoms in total. The molecule has 0 unspecified atom stereocenters. The van der Waals surface area contributed by atoms with Crippen molar-refractivity contribution < 1.29 is 9.18 Å². The molecule has 2 aromatic rings. The van der Waals surface area contributed by atoms with Crippen LogP contribution in [-0.2, 0) is 16.6 Å². The van der Waals surface area contributed by atoms with Crippen LogP contribution in [0.15, 0.2) is 41.8 Å². The Hall–Kier alpha value is -1.68. The lowest BCUT2D eigenvalue weighted by Gasteiger charge is -2.16. The van der Waals surface area contributed by atoms with Gasteiger partial charge in [0.15, 0.2) is 0 Å². The highest BCUT2D eigenvalue weighted by Gasteiger charge is 2.44. The van der Waals surface area contributed by atoms with E-state index in [1.165, 1.54) is 12.1 Å². The Kier molecular flexibility index (Phi) is 3.57. The third kappa shape index (κ3) is 2.90. The number of hydrogen-bond acceptors (Lipinski definition) is 2. The number of rotatable bonds is 5. The first-order valence-corrected chi connectivity index (χ1v) is 7.61. The minimum Gasteiger partial charge on any atom is -0.355 e. The second-order valence-electron chi connectivity index (χ2n) is 5.32. The van der Waals surface area contributed by atoms with Crippen LogP contribution in [0.5, 0.6) is 0 Å². The van der Waals surface area contributed by atoms with E-state index in [-0.39, 0.29) is 17.1 Å². The maximum Gasteiger partial charge on any atom is 0.225 e. The Morgan fingerprint density at radius 1 is 1.25 bits per heavy atom. The molecular formula is C16H16FNOS. The van der Waals surface area contributed by atoms with Crippen LogP contribution in [0, 0.1) is 5.82 Å². The van der Waals surface area contributed by atoms with Gasteiger partial charge in [0.2, 0.25) is 5.91 Å². The summed E-state index contributed by atoms with van der Waals surface area (Å²) in [6.07, 6.45) is 2.55. The van der Waals surface area contributed by atoms with Crippen molar-refractivity contribution in [1.29, 1.82) is 0 Å². The number of benzene rings is 1. The molecule has 1 N–H and O–H groups in total. The van der Waals surface area contributed by atoms with E-state index in [9.17, 15) is 9.18 Å². The standard InChI is InChI=1S/C16H16FNOS/c17-13-5-3-12(4-6-13)16(7-8-16)11-18-15(19)10-14-2-1-9-20-14/h1-6,9H,7-8,10-11H2,(H,18,19). The van der Waals surface area contributed by atoms with Crippen LogP contribution in [-0.4, -0.2) is 12.5 Å². The molecule has 1 aromatic heterocycles. The van der Waals surface area contributed by atoms with Crippen LogP contribution in [0.25, 0.3) is 0 Å². The van der Waals surface area contributed by atoms with Gasteiger partial charge in [0.1, 0.15) is 5.82 Å². The fraction of sp³-hybridized carbons (Fsp3) is 0.312. The van der Waals surface area contributed by atoms with E-state index in [0.717, 1.165) is 23.3 Å². The fourth-order valence-electron chi connectivity index (χ4n) is 2.42. The lowest BCUT2D eigenvalue weighted by molar-refractivity contribution is -0.120. The SMILES string of the molecule is O=C(Cc1cccs1)NCC1(c2ccc(F)cc2)CC1. The largest absolute Gasteiger partial charge is 0.355 e. The van der Waals surface area contributed by atoms with Gasteiger partial charge in [0, 0.05) is 16.8 Å². The average Bonchev–Trinajstić information content (AvgIpc) is 3.07. The molecule has 1 amide bonds. The summed E-state index contributed by atoms with van der Waals surface area (Å²) in [4.78, 5) is 13.0. The van der Waals surface area contributed by atoms with Crippen molar-refractivity contribution in [2.24, 2.45) is 0 Å². The molecule has 1 aromatic carbocycles. The normalized spacial score (nSPS) is 15.8. The topological polar surface area (TPSA) is 29.1 Å². The molecule has 1 aliphatic carbocycles. The zero-order valence-electron chi connectivity index (χ0n) is 11.1. The van der Waals surface area contributed by atoms with Crippen molar-refractivity contribution in [2.45, 2.75) is 24.7 Å². The monoisotopic (exact) mass is 289 g/mol. The number of carbonyl (C=O) groups is 1. The van der Waals surface area contributed by atoms with E-state index in [0.29, 0.717) is 13.0 Å². The van der Waals surface area contributed by atoms with E-state index in [1.54, 1.807) is 11.3 Å². The summed E-state index contributed by atoms with van der Waals surface area (Å²) in [5, 5.41) is 4.99. The fourth-order valence-corrected chi connectivity index (χ4v) is 3.13. The zero-order chi connectivity index (χ0) is 14.0. The van der Waals surface area contributed by atoms with Crippen molar-refractivity contribution in [3.8, 4) is 0 Å². The molecule has 0 atom stereocenters. The van der Waals surface area contributed by atoms with Crippen molar-refractivity contribution in [2.75, 3.05) is 6.54 Å². The molecule has 1 fully saturated rings. The van der Waals surface area contributed by atoms with Gasteiger partial charge in [0.05, 0.1) is 6.42 Å². The first kappa shape index (κ1) is 13.3. The van der Waals surface area contributed by atoms with Gasteiger partial charge in [-0.15, -0.1) is 11.3 Å². The molecule has 104 valence electrons. The highest BCUT2D eigenvalue weighted by atomic mass is 32.1. The van der Waals surface area contributed by atoms with E-state index in [4.69, 9.17) is 0 Å². The molecule has 0 radical (unpaired) electrons. The van der Waals surface area contributed by atoms with Crippen LogP contribution in [0.4, 0.5) is 4.39 Å². The van der Waals surface area contributed by atoms with E-state index < -0.39 is 0 Å². The van der Waals surface area contributed by atoms with E-state index >= 15 is 0 Å². The van der Waals surface area contributed by atoms with E-state index in [2.05, 4.69) is 5.32 Å². The lowest BCUT2D eigenvalue weighted by Crippen LogP contribution is -2.33. The average molecular weight is 289 g/mol. The molecule has 1 heterocycles. The van der Waals surface area contributed by atoms with Crippen LogP contribution in [0.1, 0.15) is 23.3 Å². The quantitative estimate of drug-likeness (QED) is 0.899. The highest BCUT2D eigenvalue weighted by Crippen LogP contribution is 2.47. The second-order valence-corrected chi connectivity index (χ2v) is 6.35. The summed E-state index contributed by atoms with van der Waals surface area (Å²) in [5.74, 6) is -0.160. The van der Waals surface area contributed by atoms with Crippen molar-refractivity contribution >= 4 is 17.2 Å². The number of thiophene rings is 1. The summed E-state index contributed by atoms with van der Waals surface area (Å²) in [7, 11) is 0. The molecule has 4 heteroatoms. The number of halogens is 1. The van der Waals surface area contributed by atoms with Gasteiger partial charge in [-0.3, -0.25) is 4.79 Å². The minimum absolute atomic E-state index is 0.0266. The van der Waals surface area contributed by atoms with E-state index in [1.807, 2.05) is 29.6 Å². The molecule has 0 spiro atoms. The first-order valence-electron chi connectivity index (χ1n) is 6.73. The predicted octanol–water partition coefficient (Wildman–Crippen LogP) is 3.28. The molecule has 1 saturated carbocycles. The smallest absolute Gasteiger partial charge is 0.225 e. The molecule has 3 rings (SSSR count).